The summed E-state index contributed by atoms with van der Waals surface area (Å²) in [5.74, 6) is -0.582. The van der Waals surface area contributed by atoms with Crippen molar-refractivity contribution < 1.29 is 19.1 Å². The number of nitrogens with one attached hydrogen (secondary N) is 1. The fraction of sp³-hybridized carbons (Fsp3) is 0.478. The molecule has 2 fully saturated rings. The van der Waals surface area contributed by atoms with Crippen LogP contribution in [0.3, 0.4) is 0 Å². The molecule has 3 heterocycles. The summed E-state index contributed by atoms with van der Waals surface area (Å²) in [6.07, 6.45) is 3.18. The topological polar surface area (TPSA) is 76.0 Å². The highest BCUT2D eigenvalue weighted by Crippen LogP contribution is 2.30. The number of benzene rings is 1. The highest BCUT2D eigenvalue weighted by Gasteiger charge is 2.26. The third-order valence-corrected chi connectivity index (χ3v) is 6.95. The second-order valence-electron chi connectivity index (χ2n) is 8.31. The van der Waals surface area contributed by atoms with Gasteiger partial charge in [0.1, 0.15) is 5.69 Å². The lowest BCUT2D eigenvalue weighted by atomic mass is 10.0. The third kappa shape index (κ3) is 5.23. The molecule has 0 atom stereocenters. The maximum absolute atomic E-state index is 12.7. The molecule has 0 bridgehead atoms. The quantitative estimate of drug-likeness (QED) is 0.642. The molecule has 178 valence electrons. The largest absolute Gasteiger partial charge is 0.465 e. The van der Waals surface area contributed by atoms with E-state index in [4.69, 9.17) is 32.7 Å². The second kappa shape index (κ2) is 10.2. The maximum atomic E-state index is 12.7. The molecule has 4 rings (SSSR count). The van der Waals surface area contributed by atoms with Gasteiger partial charge in [-0.05, 0) is 31.0 Å². The molecule has 1 amide bonds. The molecule has 0 aliphatic carbocycles. The van der Waals surface area contributed by atoms with Crippen LogP contribution < -0.4 is 15.1 Å². The fourth-order valence-electron chi connectivity index (χ4n) is 4.37. The molecule has 33 heavy (non-hydrogen) atoms. The molecule has 1 aromatic carbocycles. The summed E-state index contributed by atoms with van der Waals surface area (Å²) in [7, 11) is 3.14. The molecule has 1 N–H and O–H groups in total. The first-order valence-electron chi connectivity index (χ1n) is 11.0. The minimum absolute atomic E-state index is 0.0287. The zero-order valence-corrected chi connectivity index (χ0v) is 20.3. The molecule has 1 aromatic heterocycles. The summed E-state index contributed by atoms with van der Waals surface area (Å²) in [5, 5.41) is 3.71. The van der Waals surface area contributed by atoms with Crippen molar-refractivity contribution in [1.82, 2.24) is 9.88 Å². The van der Waals surface area contributed by atoms with Gasteiger partial charge in [0.25, 0.3) is 5.91 Å². The van der Waals surface area contributed by atoms with Gasteiger partial charge in [0, 0.05) is 56.8 Å². The summed E-state index contributed by atoms with van der Waals surface area (Å²) in [4.78, 5) is 29.5. The first-order valence-corrected chi connectivity index (χ1v) is 11.7. The molecule has 0 unspecified atom stereocenters. The number of hydrogen-bond donors (Lipinski definition) is 1. The van der Waals surface area contributed by atoms with Gasteiger partial charge in [-0.25, -0.2) is 4.79 Å². The lowest BCUT2D eigenvalue weighted by Gasteiger charge is -2.35. The lowest BCUT2D eigenvalue weighted by molar-refractivity contribution is 0.0600. The van der Waals surface area contributed by atoms with Crippen LogP contribution in [0.15, 0.2) is 24.4 Å². The first-order chi connectivity index (χ1) is 15.9. The zero-order chi connectivity index (χ0) is 23.5. The number of aromatic nitrogens is 1. The maximum Gasteiger partial charge on any atom is 0.337 e. The summed E-state index contributed by atoms with van der Waals surface area (Å²) in [6.45, 7) is 4.39. The smallest absolute Gasteiger partial charge is 0.337 e. The number of nitrogens with zero attached hydrogens (tertiary/aromatic N) is 3. The SMILES string of the molecule is COC(=O)c1cc(N2CCOCC2)cc(N2CCC(NC(=O)c3c(Cl)c(Cl)cn3C)CC2)c1. The Labute approximate surface area is 203 Å². The number of carbonyl (C=O) groups excluding carboxylic acids is 2. The molecular formula is C23H28Cl2N4O4. The second-order valence-corrected chi connectivity index (χ2v) is 9.10. The van der Waals surface area contributed by atoms with Gasteiger partial charge >= 0.3 is 5.97 Å². The van der Waals surface area contributed by atoms with Crippen molar-refractivity contribution in [2.24, 2.45) is 7.05 Å². The van der Waals surface area contributed by atoms with Gasteiger partial charge in [0.05, 0.1) is 35.9 Å². The van der Waals surface area contributed by atoms with Crippen molar-refractivity contribution in [2.75, 3.05) is 56.3 Å². The summed E-state index contributed by atoms with van der Waals surface area (Å²) < 4.78 is 12.1. The average Bonchev–Trinajstić information content (AvgIpc) is 3.10. The van der Waals surface area contributed by atoms with Gasteiger partial charge in [-0.2, -0.15) is 0 Å². The van der Waals surface area contributed by atoms with Gasteiger partial charge in [0.2, 0.25) is 0 Å². The van der Waals surface area contributed by atoms with Crippen LogP contribution in [-0.4, -0.2) is 69.0 Å². The highest BCUT2D eigenvalue weighted by molar-refractivity contribution is 6.43. The van der Waals surface area contributed by atoms with E-state index in [1.807, 2.05) is 12.1 Å². The molecule has 2 aromatic rings. The van der Waals surface area contributed by atoms with Crippen molar-refractivity contribution in [1.29, 1.82) is 0 Å². The van der Waals surface area contributed by atoms with Crippen molar-refractivity contribution in [2.45, 2.75) is 18.9 Å². The number of ether oxygens (including phenoxy) is 2. The fourth-order valence-corrected chi connectivity index (χ4v) is 4.88. The van der Waals surface area contributed by atoms with E-state index in [0.29, 0.717) is 29.5 Å². The number of methoxy groups -OCH3 is 1. The van der Waals surface area contributed by atoms with Crippen LogP contribution in [0.1, 0.15) is 33.7 Å². The Morgan fingerprint density at radius 2 is 1.64 bits per heavy atom. The number of carbonyl (C=O) groups is 2. The number of amides is 1. The number of aryl methyl sites for hydroxylation is 1. The standard InChI is InChI=1S/C23H28Cl2N4O4/c1-27-14-19(24)20(25)21(27)22(30)26-16-3-5-28(6-4-16)17-11-15(23(31)32-2)12-18(13-17)29-7-9-33-10-8-29/h11-14,16H,3-10H2,1-2H3,(H,26,30). The van der Waals surface area contributed by atoms with Crippen LogP contribution in [0.4, 0.5) is 11.4 Å². The van der Waals surface area contributed by atoms with Crippen molar-refractivity contribution in [3.63, 3.8) is 0 Å². The van der Waals surface area contributed by atoms with Gasteiger partial charge in [-0.15, -0.1) is 0 Å². The van der Waals surface area contributed by atoms with Crippen molar-refractivity contribution in [3.8, 4) is 0 Å². The Hall–Kier alpha value is -2.42. The van der Waals surface area contributed by atoms with Crippen LogP contribution in [-0.2, 0) is 16.5 Å². The predicted octanol–water partition coefficient (Wildman–Crippen LogP) is 3.35. The van der Waals surface area contributed by atoms with Crippen LogP contribution in [0.25, 0.3) is 0 Å². The van der Waals surface area contributed by atoms with E-state index >= 15 is 0 Å². The van der Waals surface area contributed by atoms with Gasteiger partial charge in [0.15, 0.2) is 0 Å². The molecule has 2 aliphatic rings. The number of hydrogen-bond acceptors (Lipinski definition) is 6. The van der Waals surface area contributed by atoms with Crippen LogP contribution in [0.5, 0.6) is 0 Å². The van der Waals surface area contributed by atoms with E-state index in [1.54, 1.807) is 17.8 Å². The molecule has 2 aliphatic heterocycles. The Balaban J connectivity index is 1.45. The van der Waals surface area contributed by atoms with E-state index in [1.165, 1.54) is 7.11 Å². The minimum Gasteiger partial charge on any atom is -0.465 e. The molecule has 0 radical (unpaired) electrons. The summed E-state index contributed by atoms with van der Waals surface area (Å²) in [5.41, 5.74) is 2.86. The van der Waals surface area contributed by atoms with Crippen LogP contribution in [0, 0.1) is 0 Å². The number of anilines is 2. The Bertz CT molecular complexity index is 1030. The van der Waals surface area contributed by atoms with Gasteiger partial charge in [-0.1, -0.05) is 23.2 Å². The number of piperidine rings is 1. The molecular weight excluding hydrogens is 467 g/mol. The molecule has 8 nitrogen and oxygen atoms in total. The summed E-state index contributed by atoms with van der Waals surface area (Å²) in [6, 6.07) is 5.89. The zero-order valence-electron chi connectivity index (χ0n) is 18.8. The van der Waals surface area contributed by atoms with E-state index < -0.39 is 0 Å². The Kier molecular flexibility index (Phi) is 7.36. The minimum atomic E-state index is -0.355. The van der Waals surface area contributed by atoms with E-state index in [2.05, 4.69) is 21.2 Å². The van der Waals surface area contributed by atoms with E-state index in [0.717, 1.165) is 50.4 Å². The number of morpholine rings is 1. The molecule has 10 heteroatoms. The van der Waals surface area contributed by atoms with Crippen LogP contribution >= 0.6 is 23.2 Å². The number of esters is 1. The van der Waals surface area contributed by atoms with Crippen molar-refractivity contribution in [3.05, 3.63) is 45.7 Å². The molecule has 0 spiro atoms. The normalized spacial score (nSPS) is 17.2. The van der Waals surface area contributed by atoms with Gasteiger partial charge in [-0.3, -0.25) is 4.79 Å². The molecule has 2 saturated heterocycles. The third-order valence-electron chi connectivity index (χ3n) is 6.19. The lowest BCUT2D eigenvalue weighted by Crippen LogP contribution is -2.45. The predicted molar refractivity (Wildman–Crippen MR) is 129 cm³/mol. The van der Waals surface area contributed by atoms with Crippen molar-refractivity contribution >= 4 is 46.5 Å². The van der Waals surface area contributed by atoms with E-state index in [-0.39, 0.29) is 22.9 Å². The monoisotopic (exact) mass is 494 g/mol. The van der Waals surface area contributed by atoms with Gasteiger partial charge < -0.3 is 29.2 Å². The first kappa shape index (κ1) is 23.7. The number of halogens is 2. The number of rotatable bonds is 5. The Morgan fingerprint density at radius 1 is 1.03 bits per heavy atom. The molecule has 0 saturated carbocycles. The summed E-state index contributed by atoms with van der Waals surface area (Å²) >= 11 is 12.2. The highest BCUT2D eigenvalue weighted by atomic mass is 35.5. The van der Waals surface area contributed by atoms with Crippen LogP contribution in [0.2, 0.25) is 10.0 Å². The van der Waals surface area contributed by atoms with E-state index in [9.17, 15) is 9.59 Å². The average molecular weight is 495 g/mol. The Morgan fingerprint density at radius 3 is 2.18 bits per heavy atom.